The van der Waals surface area contributed by atoms with Crippen molar-refractivity contribution in [3.8, 4) is 0 Å². The van der Waals surface area contributed by atoms with E-state index in [-0.39, 0.29) is 12.1 Å². The minimum absolute atomic E-state index is 0.0216. The molecule has 2 atom stereocenters. The van der Waals surface area contributed by atoms with Gasteiger partial charge in [0.05, 0.1) is 0 Å². The number of nitrogens with one attached hydrogen (secondary N) is 2. The van der Waals surface area contributed by atoms with Gasteiger partial charge in [-0.15, -0.1) is 0 Å². The number of aryl methyl sites for hydroxylation is 2. The average molecular weight is 433 g/mol. The van der Waals surface area contributed by atoms with Gasteiger partial charge >= 0.3 is 16.2 Å². The van der Waals surface area contributed by atoms with Crippen LogP contribution in [0.2, 0.25) is 0 Å². The normalized spacial score (nSPS) is 27.9. The van der Waals surface area contributed by atoms with Gasteiger partial charge in [0.25, 0.3) is 0 Å². The summed E-state index contributed by atoms with van der Waals surface area (Å²) in [5, 5.41) is 2.95. The second-order valence-electron chi connectivity index (χ2n) is 9.60. The van der Waals surface area contributed by atoms with Crippen molar-refractivity contribution in [2.24, 2.45) is 0 Å². The van der Waals surface area contributed by atoms with Crippen molar-refractivity contribution in [3.63, 3.8) is 0 Å². The van der Waals surface area contributed by atoms with Crippen LogP contribution in [0.3, 0.4) is 0 Å². The number of urea groups is 1. The van der Waals surface area contributed by atoms with Gasteiger partial charge in [-0.25, -0.2) is 9.52 Å². The number of nitrogens with zero attached hydrogens (tertiary/aromatic N) is 2. The monoisotopic (exact) mass is 432 g/mol. The lowest BCUT2D eigenvalue weighted by atomic mass is 9.99. The highest BCUT2D eigenvalue weighted by Crippen LogP contribution is 2.40. The molecule has 8 heteroatoms. The Hall–Kier alpha value is -1.64. The Morgan fingerprint density at radius 2 is 1.57 bits per heavy atom. The molecule has 1 aromatic rings. The van der Waals surface area contributed by atoms with Gasteiger partial charge in [-0.3, -0.25) is 0 Å². The van der Waals surface area contributed by atoms with Crippen LogP contribution in [-0.2, 0) is 35.9 Å². The Bertz CT molecular complexity index is 929. The molecule has 0 aromatic heterocycles. The van der Waals surface area contributed by atoms with Gasteiger partial charge in [-0.05, 0) is 101 Å². The number of hydrogen-bond acceptors (Lipinski definition) is 4. The van der Waals surface area contributed by atoms with E-state index in [9.17, 15) is 13.2 Å². The SMILES string of the molecule is CN(C)C1CC2CCC(C1)N2S(=O)(=O)NC(=O)Nc1c2c(cc3c1CCC3)CCC2. The minimum Gasteiger partial charge on any atom is -0.307 e. The molecule has 30 heavy (non-hydrogen) atoms. The lowest BCUT2D eigenvalue weighted by molar-refractivity contribution is 0.143. The molecular formula is C22H32N4O3S. The van der Waals surface area contributed by atoms with Crippen LogP contribution in [0.25, 0.3) is 0 Å². The number of rotatable bonds is 4. The molecule has 2 saturated heterocycles. The molecule has 2 unspecified atom stereocenters. The molecule has 2 aliphatic heterocycles. The molecule has 1 aromatic carbocycles. The first kappa shape index (κ1) is 20.3. The maximum Gasteiger partial charge on any atom is 0.333 e. The van der Waals surface area contributed by atoms with Crippen LogP contribution in [-0.4, -0.2) is 55.9 Å². The minimum atomic E-state index is -3.86. The maximum atomic E-state index is 13.1. The van der Waals surface area contributed by atoms with Gasteiger partial charge < -0.3 is 10.2 Å². The zero-order chi connectivity index (χ0) is 21.0. The maximum absolute atomic E-state index is 13.1. The zero-order valence-corrected chi connectivity index (χ0v) is 18.7. The lowest BCUT2D eigenvalue weighted by Gasteiger charge is -2.40. The molecule has 2 bridgehead atoms. The first-order valence-electron chi connectivity index (χ1n) is 11.3. The van der Waals surface area contributed by atoms with Crippen LogP contribution < -0.4 is 10.0 Å². The average Bonchev–Trinajstić information content (AvgIpc) is 3.39. The van der Waals surface area contributed by atoms with Crippen LogP contribution in [0.15, 0.2) is 6.07 Å². The first-order valence-corrected chi connectivity index (χ1v) is 12.7. The third kappa shape index (κ3) is 3.42. The number of fused-ring (bicyclic) bond motifs is 4. The lowest BCUT2D eigenvalue weighted by Crippen LogP contribution is -2.55. The van der Waals surface area contributed by atoms with Crippen molar-refractivity contribution >= 4 is 21.9 Å². The molecule has 4 aliphatic rings. The summed E-state index contributed by atoms with van der Waals surface area (Å²) in [6.07, 6.45) is 9.57. The predicted molar refractivity (Wildman–Crippen MR) is 117 cm³/mol. The number of hydrogen-bond donors (Lipinski definition) is 2. The van der Waals surface area contributed by atoms with Crippen molar-refractivity contribution in [1.29, 1.82) is 0 Å². The topological polar surface area (TPSA) is 81.8 Å². The Balaban J connectivity index is 1.33. The van der Waals surface area contributed by atoms with Gasteiger partial charge in [0, 0.05) is 23.8 Å². The van der Waals surface area contributed by atoms with Crippen molar-refractivity contribution in [3.05, 3.63) is 28.3 Å². The molecule has 164 valence electrons. The van der Waals surface area contributed by atoms with Crippen LogP contribution in [0.4, 0.5) is 10.5 Å². The molecule has 2 aliphatic carbocycles. The van der Waals surface area contributed by atoms with E-state index in [0.29, 0.717) is 6.04 Å². The second kappa shape index (κ2) is 7.50. The molecule has 0 saturated carbocycles. The summed E-state index contributed by atoms with van der Waals surface area (Å²) >= 11 is 0. The second-order valence-corrected chi connectivity index (χ2v) is 11.2. The molecular weight excluding hydrogens is 400 g/mol. The van der Waals surface area contributed by atoms with E-state index in [2.05, 4.69) is 35.1 Å². The molecule has 0 spiro atoms. The third-order valence-electron chi connectivity index (χ3n) is 7.58. The van der Waals surface area contributed by atoms with Gasteiger partial charge in [0.2, 0.25) is 0 Å². The van der Waals surface area contributed by atoms with Crippen molar-refractivity contribution in [2.75, 3.05) is 19.4 Å². The fourth-order valence-electron chi connectivity index (χ4n) is 6.20. The van der Waals surface area contributed by atoms with E-state index in [4.69, 9.17) is 0 Å². The Morgan fingerprint density at radius 3 is 2.10 bits per heavy atom. The molecule has 2 fully saturated rings. The number of carbonyl (C=O) groups excluding carboxylic acids is 1. The van der Waals surface area contributed by atoms with Gasteiger partial charge in [0.1, 0.15) is 0 Å². The van der Waals surface area contributed by atoms with E-state index in [1.807, 2.05) is 0 Å². The van der Waals surface area contributed by atoms with Crippen molar-refractivity contribution < 1.29 is 13.2 Å². The van der Waals surface area contributed by atoms with E-state index < -0.39 is 16.2 Å². The van der Waals surface area contributed by atoms with E-state index in [0.717, 1.165) is 69.9 Å². The third-order valence-corrected chi connectivity index (χ3v) is 9.18. The molecule has 2 heterocycles. The highest BCUT2D eigenvalue weighted by molar-refractivity contribution is 7.87. The van der Waals surface area contributed by atoms with E-state index >= 15 is 0 Å². The fourth-order valence-corrected chi connectivity index (χ4v) is 7.75. The highest BCUT2D eigenvalue weighted by Gasteiger charge is 2.47. The Kier molecular flexibility index (Phi) is 5.07. The highest BCUT2D eigenvalue weighted by atomic mass is 32.2. The number of benzene rings is 1. The summed E-state index contributed by atoms with van der Waals surface area (Å²) in [5.74, 6) is 0. The van der Waals surface area contributed by atoms with Gasteiger partial charge in [0.15, 0.2) is 0 Å². The fraction of sp³-hybridized carbons (Fsp3) is 0.682. The molecule has 0 radical (unpaired) electrons. The Morgan fingerprint density at radius 1 is 1.00 bits per heavy atom. The standard InChI is InChI=1S/C22H32N4O3S/c1-25(2)18-12-16-9-10-17(13-18)26(16)30(28,29)24-22(27)23-21-19-7-3-5-14(19)11-15-6-4-8-20(15)21/h11,16-18H,3-10,12-13H2,1-2H3,(H2,23,24,27). The number of anilines is 1. The van der Waals surface area contributed by atoms with E-state index in [1.54, 1.807) is 4.31 Å². The first-order chi connectivity index (χ1) is 14.3. The van der Waals surface area contributed by atoms with Crippen molar-refractivity contribution in [2.45, 2.75) is 82.3 Å². The van der Waals surface area contributed by atoms with Crippen molar-refractivity contribution in [1.82, 2.24) is 13.9 Å². The summed E-state index contributed by atoms with van der Waals surface area (Å²) in [7, 11) is 0.242. The largest absolute Gasteiger partial charge is 0.333 e. The van der Waals surface area contributed by atoms with E-state index in [1.165, 1.54) is 22.3 Å². The summed E-state index contributed by atoms with van der Waals surface area (Å²) in [6, 6.07) is 2.03. The zero-order valence-electron chi connectivity index (χ0n) is 17.9. The van der Waals surface area contributed by atoms with Gasteiger partial charge in [-0.1, -0.05) is 6.07 Å². The molecule has 2 amide bonds. The van der Waals surface area contributed by atoms with Crippen LogP contribution in [0.1, 0.15) is 60.8 Å². The smallest absolute Gasteiger partial charge is 0.307 e. The molecule has 5 rings (SSSR count). The number of piperidine rings is 1. The summed E-state index contributed by atoms with van der Waals surface area (Å²) in [5.41, 5.74) is 5.92. The molecule has 2 N–H and O–H groups in total. The van der Waals surface area contributed by atoms with Gasteiger partial charge in [-0.2, -0.15) is 12.7 Å². The summed E-state index contributed by atoms with van der Waals surface area (Å²) in [6.45, 7) is 0. The summed E-state index contributed by atoms with van der Waals surface area (Å²) < 4.78 is 30.2. The number of carbonyl (C=O) groups is 1. The van der Waals surface area contributed by atoms with Crippen LogP contribution >= 0.6 is 0 Å². The quantitative estimate of drug-likeness (QED) is 0.766. The predicted octanol–water partition coefficient (Wildman–Crippen LogP) is 2.59. The number of amides is 2. The Labute approximate surface area is 179 Å². The molecule has 7 nitrogen and oxygen atoms in total. The summed E-state index contributed by atoms with van der Waals surface area (Å²) in [4.78, 5) is 15.0. The van der Waals surface area contributed by atoms with Crippen LogP contribution in [0, 0.1) is 0 Å². The van der Waals surface area contributed by atoms with Crippen LogP contribution in [0.5, 0.6) is 0 Å².